The van der Waals surface area contributed by atoms with Gasteiger partial charge in [0.15, 0.2) is 0 Å². The molecule has 128 valence electrons. The normalized spacial score (nSPS) is 23.0. The lowest BCUT2D eigenvalue weighted by Gasteiger charge is -2.38. The van der Waals surface area contributed by atoms with Crippen LogP contribution in [0.25, 0.3) is 0 Å². The van der Waals surface area contributed by atoms with Gasteiger partial charge in [0, 0.05) is 30.8 Å². The number of benzene rings is 1. The first-order chi connectivity index (χ1) is 10.7. The summed E-state index contributed by atoms with van der Waals surface area (Å²) in [5.41, 5.74) is 5.70. The minimum absolute atomic E-state index is 0.0622. The third kappa shape index (κ3) is 3.35. The molecule has 2 N–H and O–H groups in total. The van der Waals surface area contributed by atoms with Gasteiger partial charge in [0.05, 0.1) is 14.8 Å². The topological polar surface area (TPSA) is 107 Å². The van der Waals surface area contributed by atoms with E-state index in [2.05, 4.69) is 0 Å². The maximum atomic E-state index is 12.9. The van der Waals surface area contributed by atoms with Crippen LogP contribution in [-0.4, -0.2) is 36.8 Å². The third-order valence-corrected chi connectivity index (χ3v) is 6.69. The Morgan fingerprint density at radius 1 is 1.48 bits per heavy atom. The maximum absolute atomic E-state index is 12.9. The lowest BCUT2D eigenvalue weighted by molar-refractivity contribution is -0.385. The Balaban J connectivity index is 2.53. The fourth-order valence-corrected chi connectivity index (χ4v) is 5.07. The van der Waals surface area contributed by atoms with Gasteiger partial charge in [-0.1, -0.05) is 18.5 Å². The van der Waals surface area contributed by atoms with E-state index in [1.165, 1.54) is 17.3 Å². The van der Waals surface area contributed by atoms with Crippen LogP contribution in [0.3, 0.4) is 0 Å². The fraction of sp³-hybridized carbons (Fsp3) is 0.571. The number of halogens is 1. The minimum atomic E-state index is -3.89. The van der Waals surface area contributed by atoms with Gasteiger partial charge in [0.1, 0.15) is 0 Å². The van der Waals surface area contributed by atoms with Crippen molar-refractivity contribution in [3.8, 4) is 0 Å². The van der Waals surface area contributed by atoms with Crippen LogP contribution in [0.15, 0.2) is 17.0 Å². The van der Waals surface area contributed by atoms with Crippen LogP contribution in [0.1, 0.15) is 25.3 Å². The molecule has 1 aromatic rings. The van der Waals surface area contributed by atoms with E-state index in [9.17, 15) is 18.5 Å². The molecule has 1 aliphatic rings. The average Bonchev–Trinajstić information content (AvgIpc) is 2.49. The highest BCUT2D eigenvalue weighted by atomic mass is 35.5. The molecule has 1 aromatic carbocycles. The highest BCUT2D eigenvalue weighted by Crippen LogP contribution is 2.33. The first-order valence-corrected chi connectivity index (χ1v) is 9.18. The van der Waals surface area contributed by atoms with Gasteiger partial charge >= 0.3 is 0 Å². The second kappa shape index (κ2) is 6.72. The molecule has 1 heterocycles. The number of rotatable bonds is 4. The molecule has 1 saturated heterocycles. The van der Waals surface area contributed by atoms with Crippen molar-refractivity contribution in [2.24, 2.45) is 11.7 Å². The lowest BCUT2D eigenvalue weighted by atomic mass is 9.93. The Morgan fingerprint density at radius 2 is 2.13 bits per heavy atom. The summed E-state index contributed by atoms with van der Waals surface area (Å²) in [5, 5.41) is 11.2. The monoisotopic (exact) mass is 361 g/mol. The molecule has 9 heteroatoms. The lowest BCUT2D eigenvalue weighted by Crippen LogP contribution is -2.51. The standard InChI is InChI=1S/C14H20ClN3O4S/c1-9-4-3-5-17(14(9)8-16)23(21,22)11-6-12(15)10(2)13(7-11)18(19)20/h6-7,9,14H,3-5,8,16H2,1-2H3. The van der Waals surface area contributed by atoms with Crippen LogP contribution in [0.5, 0.6) is 0 Å². The molecule has 0 saturated carbocycles. The number of nitrogens with zero attached hydrogens (tertiary/aromatic N) is 2. The van der Waals surface area contributed by atoms with Crippen LogP contribution >= 0.6 is 11.6 Å². The van der Waals surface area contributed by atoms with Crippen molar-refractivity contribution in [2.75, 3.05) is 13.1 Å². The van der Waals surface area contributed by atoms with Crippen LogP contribution in [0.4, 0.5) is 5.69 Å². The third-order valence-electron chi connectivity index (χ3n) is 4.40. The number of nitrogens with two attached hydrogens (primary N) is 1. The first kappa shape index (κ1) is 18.1. The van der Waals surface area contributed by atoms with Gasteiger partial charge in [-0.25, -0.2) is 8.42 Å². The summed E-state index contributed by atoms with van der Waals surface area (Å²) in [6.07, 6.45) is 1.64. The van der Waals surface area contributed by atoms with Gasteiger partial charge < -0.3 is 5.73 Å². The molecule has 2 rings (SSSR count). The molecule has 1 aliphatic heterocycles. The van der Waals surface area contributed by atoms with Crippen molar-refractivity contribution in [1.29, 1.82) is 0 Å². The number of nitro benzene ring substituents is 1. The molecule has 0 amide bonds. The van der Waals surface area contributed by atoms with Gasteiger partial charge in [0.2, 0.25) is 10.0 Å². The summed E-state index contributed by atoms with van der Waals surface area (Å²) >= 11 is 5.99. The van der Waals surface area contributed by atoms with E-state index >= 15 is 0 Å². The van der Waals surface area contributed by atoms with Crippen molar-refractivity contribution >= 4 is 27.3 Å². The van der Waals surface area contributed by atoms with Crippen LogP contribution in [-0.2, 0) is 10.0 Å². The minimum Gasteiger partial charge on any atom is -0.329 e. The van der Waals surface area contributed by atoms with Gasteiger partial charge in [-0.3, -0.25) is 10.1 Å². The zero-order chi connectivity index (χ0) is 17.4. The number of nitro groups is 1. The highest BCUT2D eigenvalue weighted by Gasteiger charge is 2.37. The Kier molecular flexibility index (Phi) is 5.30. The Hall–Kier alpha value is -1.22. The molecule has 0 spiro atoms. The summed E-state index contributed by atoms with van der Waals surface area (Å²) < 4.78 is 27.2. The van der Waals surface area contributed by atoms with Crippen LogP contribution in [0.2, 0.25) is 5.02 Å². The van der Waals surface area contributed by atoms with E-state index in [1.807, 2.05) is 6.92 Å². The Labute approximate surface area is 140 Å². The number of piperidine rings is 1. The van der Waals surface area contributed by atoms with Gasteiger partial charge in [-0.15, -0.1) is 0 Å². The Bertz CT molecular complexity index is 723. The summed E-state index contributed by atoms with van der Waals surface area (Å²) in [4.78, 5) is 10.3. The molecule has 0 bridgehead atoms. The van der Waals surface area contributed by atoms with Crippen molar-refractivity contribution in [1.82, 2.24) is 4.31 Å². The molecule has 2 unspecified atom stereocenters. The molecule has 23 heavy (non-hydrogen) atoms. The second-order valence-electron chi connectivity index (χ2n) is 5.84. The van der Waals surface area contributed by atoms with Crippen molar-refractivity contribution in [2.45, 2.75) is 37.6 Å². The molecular weight excluding hydrogens is 342 g/mol. The molecule has 0 aromatic heterocycles. The predicted molar refractivity (Wildman–Crippen MR) is 88.0 cm³/mol. The van der Waals surface area contributed by atoms with Crippen LogP contribution in [0, 0.1) is 23.0 Å². The number of hydrogen-bond donors (Lipinski definition) is 1. The summed E-state index contributed by atoms with van der Waals surface area (Å²) in [5.74, 6) is 0.138. The maximum Gasteiger partial charge on any atom is 0.275 e. The predicted octanol–water partition coefficient (Wildman–Crippen LogP) is 2.30. The SMILES string of the molecule is Cc1c(Cl)cc(S(=O)(=O)N2CCCC(C)C2CN)cc1[N+](=O)[O-]. The fourth-order valence-electron chi connectivity index (χ4n) is 2.97. The summed E-state index contributed by atoms with van der Waals surface area (Å²) in [7, 11) is -3.89. The first-order valence-electron chi connectivity index (χ1n) is 7.36. The van der Waals surface area contributed by atoms with E-state index in [4.69, 9.17) is 17.3 Å². The summed E-state index contributed by atoms with van der Waals surface area (Å²) in [6.45, 7) is 4.02. The van der Waals surface area contributed by atoms with E-state index < -0.39 is 14.9 Å². The quantitative estimate of drug-likeness (QED) is 0.654. The van der Waals surface area contributed by atoms with Crippen LogP contribution < -0.4 is 5.73 Å². The van der Waals surface area contributed by atoms with Crippen molar-refractivity contribution < 1.29 is 13.3 Å². The van der Waals surface area contributed by atoms with E-state index in [-0.39, 0.29) is 39.7 Å². The smallest absolute Gasteiger partial charge is 0.275 e. The number of sulfonamides is 1. The second-order valence-corrected chi connectivity index (χ2v) is 8.14. The molecule has 0 radical (unpaired) electrons. The largest absolute Gasteiger partial charge is 0.329 e. The van der Waals surface area contributed by atoms with Gasteiger partial charge in [0.25, 0.3) is 5.69 Å². The Morgan fingerprint density at radius 3 is 2.70 bits per heavy atom. The van der Waals surface area contributed by atoms with Gasteiger partial charge in [-0.05, 0) is 31.7 Å². The zero-order valence-corrected chi connectivity index (χ0v) is 14.6. The highest BCUT2D eigenvalue weighted by molar-refractivity contribution is 7.89. The average molecular weight is 362 g/mol. The van der Waals surface area contributed by atoms with E-state index in [1.54, 1.807) is 0 Å². The molecule has 0 aliphatic carbocycles. The molecular formula is C14H20ClN3O4S. The van der Waals surface area contributed by atoms with Crippen molar-refractivity contribution in [3.05, 3.63) is 32.8 Å². The van der Waals surface area contributed by atoms with Gasteiger partial charge in [-0.2, -0.15) is 4.31 Å². The number of hydrogen-bond acceptors (Lipinski definition) is 5. The van der Waals surface area contributed by atoms with E-state index in [0.717, 1.165) is 18.9 Å². The molecule has 2 atom stereocenters. The van der Waals surface area contributed by atoms with Crippen molar-refractivity contribution in [3.63, 3.8) is 0 Å². The summed E-state index contributed by atoms with van der Waals surface area (Å²) in [6, 6.07) is 2.03. The molecule has 1 fully saturated rings. The molecule has 7 nitrogen and oxygen atoms in total. The zero-order valence-electron chi connectivity index (χ0n) is 13.0. The van der Waals surface area contributed by atoms with E-state index in [0.29, 0.717) is 6.54 Å².